The van der Waals surface area contributed by atoms with Crippen molar-refractivity contribution in [3.63, 3.8) is 0 Å². The van der Waals surface area contributed by atoms with Crippen LogP contribution in [0.4, 0.5) is 0 Å². The first-order valence-electron chi connectivity index (χ1n) is 4.54. The molecule has 0 saturated carbocycles. The molecule has 4 saturated heterocycles. The molecule has 0 unspecified atom stereocenters. The van der Waals surface area contributed by atoms with E-state index in [4.69, 9.17) is 5.11 Å². The Labute approximate surface area is 93.5 Å². The molecule has 0 aromatic rings. The van der Waals surface area contributed by atoms with Gasteiger partial charge in [-0.25, -0.2) is 18.1 Å². The van der Waals surface area contributed by atoms with Gasteiger partial charge >= 0.3 is 13.8 Å². The third-order valence-electron chi connectivity index (χ3n) is 2.85. The molecule has 0 radical (unpaired) electrons. The van der Waals surface area contributed by atoms with Crippen LogP contribution in [0.5, 0.6) is 0 Å². The Bertz CT molecular complexity index is 415. The van der Waals surface area contributed by atoms with Crippen molar-refractivity contribution in [3.05, 3.63) is 0 Å². The summed E-state index contributed by atoms with van der Waals surface area (Å²) in [5, 5.41) is 47.5. The van der Waals surface area contributed by atoms with Crippen molar-refractivity contribution in [1.29, 1.82) is 0 Å². The molecule has 1 spiro atoms. The summed E-state index contributed by atoms with van der Waals surface area (Å²) in [6.07, 6.45) is -4.28. The summed E-state index contributed by atoms with van der Waals surface area (Å²) in [7, 11) is -4.05. The molecule has 0 aromatic heterocycles. The molecular formula is C6H9O10P. The lowest BCUT2D eigenvalue weighted by molar-refractivity contribution is -0.522. The van der Waals surface area contributed by atoms with Crippen LogP contribution in [0.1, 0.15) is 0 Å². The van der Waals surface area contributed by atoms with E-state index in [1.165, 1.54) is 0 Å². The van der Waals surface area contributed by atoms with Gasteiger partial charge < -0.3 is 25.5 Å². The molecule has 4 aliphatic rings. The van der Waals surface area contributed by atoms with Gasteiger partial charge in [-0.15, -0.1) is 0 Å². The molecule has 0 aliphatic carbocycles. The second kappa shape index (κ2) is 2.89. The lowest BCUT2D eigenvalue weighted by Crippen LogP contribution is -2.76. The lowest BCUT2D eigenvalue weighted by Gasteiger charge is -2.50. The van der Waals surface area contributed by atoms with Crippen molar-refractivity contribution in [2.45, 2.75) is 29.8 Å². The van der Waals surface area contributed by atoms with Crippen molar-refractivity contribution >= 4 is 7.82 Å². The first-order valence-corrected chi connectivity index (χ1v) is 6.01. The van der Waals surface area contributed by atoms with E-state index in [9.17, 15) is 25.0 Å². The summed E-state index contributed by atoms with van der Waals surface area (Å²) < 4.78 is 29.6. The minimum Gasteiger partial charge on any atom is -0.391 e. The van der Waals surface area contributed by atoms with Gasteiger partial charge in [0.15, 0.2) is 0 Å². The van der Waals surface area contributed by atoms with E-state index in [1.54, 1.807) is 0 Å². The normalized spacial score (nSPS) is 65.2. The fraction of sp³-hybridized carbons (Fsp3) is 1.00. The van der Waals surface area contributed by atoms with E-state index in [2.05, 4.69) is 18.3 Å². The summed E-state index contributed by atoms with van der Waals surface area (Å²) in [4.78, 5) is 0. The molecule has 98 valence electrons. The van der Waals surface area contributed by atoms with Crippen LogP contribution in [0.15, 0.2) is 0 Å². The number of phosphoric acid groups is 1. The summed E-state index contributed by atoms with van der Waals surface area (Å²) >= 11 is 0. The van der Waals surface area contributed by atoms with Crippen LogP contribution in [-0.2, 0) is 22.9 Å². The Morgan fingerprint density at radius 2 is 1.71 bits per heavy atom. The third-order valence-corrected chi connectivity index (χ3v) is 4.28. The summed E-state index contributed by atoms with van der Waals surface area (Å²) in [5.41, 5.74) is 0. The predicted octanol–water partition coefficient (Wildman–Crippen LogP) is -3.05. The lowest BCUT2D eigenvalue weighted by atomic mass is 9.92. The zero-order chi connectivity index (χ0) is 12.7. The Morgan fingerprint density at radius 3 is 2.24 bits per heavy atom. The van der Waals surface area contributed by atoms with Gasteiger partial charge in [-0.3, -0.25) is 4.74 Å². The van der Waals surface area contributed by atoms with Gasteiger partial charge in [0.2, 0.25) is 5.79 Å². The molecule has 10 nitrogen and oxygen atoms in total. The molecular weight excluding hydrogens is 263 g/mol. The van der Waals surface area contributed by atoms with Gasteiger partial charge in [-0.1, -0.05) is 0 Å². The fourth-order valence-electron chi connectivity index (χ4n) is 1.92. The van der Waals surface area contributed by atoms with Crippen molar-refractivity contribution in [1.82, 2.24) is 0 Å². The third kappa shape index (κ3) is 1.13. The smallest absolute Gasteiger partial charge is 0.391 e. The van der Waals surface area contributed by atoms with Crippen LogP contribution in [0.2, 0.25) is 0 Å². The average Bonchev–Trinajstić information content (AvgIpc) is 2.56. The number of aliphatic hydroxyl groups is 5. The highest BCUT2D eigenvalue weighted by molar-refractivity contribution is 7.50. The van der Waals surface area contributed by atoms with Gasteiger partial charge in [0.1, 0.15) is 18.8 Å². The van der Waals surface area contributed by atoms with Gasteiger partial charge in [0, 0.05) is 0 Å². The summed E-state index contributed by atoms with van der Waals surface area (Å²) in [6.45, 7) is -1.12. The average molecular weight is 272 g/mol. The van der Waals surface area contributed by atoms with Crippen molar-refractivity contribution in [2.75, 3.05) is 6.61 Å². The zero-order valence-corrected chi connectivity index (χ0v) is 8.98. The van der Waals surface area contributed by atoms with Crippen LogP contribution in [0, 0.1) is 0 Å². The van der Waals surface area contributed by atoms with Gasteiger partial charge in [0.05, 0.1) is 0 Å². The van der Waals surface area contributed by atoms with E-state index in [1.807, 2.05) is 0 Å². The fourth-order valence-corrected chi connectivity index (χ4v) is 3.49. The first-order chi connectivity index (χ1) is 7.70. The summed E-state index contributed by atoms with van der Waals surface area (Å²) in [6, 6.07) is 0. The van der Waals surface area contributed by atoms with Crippen LogP contribution >= 0.6 is 7.82 Å². The van der Waals surface area contributed by atoms with E-state index in [-0.39, 0.29) is 0 Å². The molecule has 2 bridgehead atoms. The maximum Gasteiger partial charge on any atom is 0.486 e. The predicted molar refractivity (Wildman–Crippen MR) is 43.7 cm³/mol. The second-order valence-corrected chi connectivity index (χ2v) is 5.41. The monoisotopic (exact) mass is 272 g/mol. The Morgan fingerprint density at radius 1 is 1.12 bits per heavy atom. The van der Waals surface area contributed by atoms with Crippen LogP contribution < -0.4 is 0 Å². The molecule has 0 aromatic carbocycles. The summed E-state index contributed by atoms with van der Waals surface area (Å²) in [5.74, 6) is -7.92. The highest BCUT2D eigenvalue weighted by Gasteiger charge is 2.88. The van der Waals surface area contributed by atoms with Crippen LogP contribution in [0.3, 0.4) is 0 Å². The minimum atomic E-state index is -4.05. The Kier molecular flexibility index (Phi) is 2.03. The number of aliphatic hydroxyl groups excluding tert-OH is 3. The minimum absolute atomic E-state index is 1.12. The standard InChI is InChI=1S/C6H9O10P/c7-1-4(10)2(8)3(9)5(11)6(13-4)15-17(12,14-5)16-6/h2-3,7-11H,1H2/t2-,3-,4-,5+,6?,17?/m0/s1. The van der Waals surface area contributed by atoms with E-state index < -0.39 is 44.2 Å². The highest BCUT2D eigenvalue weighted by Crippen LogP contribution is 2.79. The molecule has 4 atom stereocenters. The molecule has 4 rings (SSSR count). The van der Waals surface area contributed by atoms with Gasteiger partial charge in [0.25, 0.3) is 5.79 Å². The maximum atomic E-state index is 11.4. The van der Waals surface area contributed by atoms with Crippen LogP contribution in [-0.4, -0.2) is 61.9 Å². The van der Waals surface area contributed by atoms with Gasteiger partial charge in [-0.05, 0) is 0 Å². The first kappa shape index (κ1) is 11.9. The Balaban J connectivity index is 2.05. The van der Waals surface area contributed by atoms with Crippen molar-refractivity contribution in [3.8, 4) is 0 Å². The van der Waals surface area contributed by atoms with E-state index >= 15 is 0 Å². The highest BCUT2D eigenvalue weighted by atomic mass is 31.2. The quantitative estimate of drug-likeness (QED) is 0.311. The molecule has 4 heterocycles. The van der Waals surface area contributed by atoms with Crippen LogP contribution in [0.25, 0.3) is 0 Å². The Hall–Kier alpha value is -0.130. The second-order valence-electron chi connectivity index (χ2n) is 3.97. The van der Waals surface area contributed by atoms with E-state index in [0.29, 0.717) is 0 Å². The van der Waals surface area contributed by atoms with Gasteiger partial charge in [-0.2, -0.15) is 0 Å². The largest absolute Gasteiger partial charge is 0.486 e. The maximum absolute atomic E-state index is 11.4. The number of ether oxygens (including phenoxy) is 1. The number of phosphoric ester groups is 1. The molecule has 4 fully saturated rings. The molecule has 17 heavy (non-hydrogen) atoms. The molecule has 4 aliphatic heterocycles. The SMILES string of the molecule is O=P12OC3(O[C@@](O)(CO)[C@@H](O)[C@H](O)[C@@]3(O)O1)O2. The molecule has 0 amide bonds. The number of rotatable bonds is 1. The number of hydrogen-bond acceptors (Lipinski definition) is 10. The topological polar surface area (TPSA) is 155 Å². The number of hydrogen-bond donors (Lipinski definition) is 5. The van der Waals surface area contributed by atoms with Crippen molar-refractivity contribution < 1.29 is 48.4 Å². The van der Waals surface area contributed by atoms with E-state index in [0.717, 1.165) is 0 Å². The molecule has 5 N–H and O–H groups in total. The molecule has 11 heteroatoms. The zero-order valence-electron chi connectivity index (χ0n) is 8.09. The van der Waals surface area contributed by atoms with Crippen molar-refractivity contribution in [2.24, 2.45) is 0 Å².